The summed E-state index contributed by atoms with van der Waals surface area (Å²) in [7, 11) is 0. The van der Waals surface area contributed by atoms with Gasteiger partial charge >= 0.3 is 6.18 Å². The molecule has 0 atom stereocenters. The number of hydrogen-bond acceptors (Lipinski definition) is 4. The summed E-state index contributed by atoms with van der Waals surface area (Å²) >= 11 is 0. The number of carbonyl (C=O) groups is 2. The van der Waals surface area contributed by atoms with Crippen molar-refractivity contribution >= 4 is 11.6 Å². The van der Waals surface area contributed by atoms with Crippen LogP contribution in [-0.2, 0) is 18.3 Å². The first-order valence-corrected chi connectivity index (χ1v) is 11.2. The molecule has 7 heteroatoms. The number of benzene rings is 3. The Bertz CT molecular complexity index is 1200. The molecule has 1 saturated heterocycles. The number of piperazine rings is 1. The monoisotopic (exact) mass is 464 g/mol. The lowest BCUT2D eigenvalue weighted by molar-refractivity contribution is -0.137. The number of ketones is 2. The number of nitrogens with zero attached hydrogens (tertiary/aromatic N) is 2. The Hall–Kier alpha value is -3.29. The minimum absolute atomic E-state index is 0.0741. The summed E-state index contributed by atoms with van der Waals surface area (Å²) in [5.74, 6) is -0.909. The second-order valence-electron chi connectivity index (χ2n) is 8.74. The maximum atomic E-state index is 13.8. The van der Waals surface area contributed by atoms with Gasteiger partial charge in [0.1, 0.15) is 0 Å². The molecule has 0 unspecified atom stereocenters. The van der Waals surface area contributed by atoms with Crippen LogP contribution in [-0.4, -0.2) is 47.5 Å². The van der Waals surface area contributed by atoms with Crippen molar-refractivity contribution in [3.8, 4) is 0 Å². The van der Waals surface area contributed by atoms with Crippen molar-refractivity contribution in [1.82, 2.24) is 9.80 Å². The molecule has 0 amide bonds. The molecular weight excluding hydrogens is 441 g/mol. The van der Waals surface area contributed by atoms with Gasteiger partial charge in [-0.3, -0.25) is 19.4 Å². The molecule has 0 spiro atoms. The summed E-state index contributed by atoms with van der Waals surface area (Å²) in [4.78, 5) is 31.6. The number of carbonyl (C=O) groups excluding carboxylic acids is 2. The van der Waals surface area contributed by atoms with Crippen LogP contribution in [0.25, 0.3) is 0 Å². The van der Waals surface area contributed by atoms with Gasteiger partial charge in [0.2, 0.25) is 0 Å². The quantitative estimate of drug-likeness (QED) is 0.521. The van der Waals surface area contributed by atoms with E-state index in [0.29, 0.717) is 26.2 Å². The normalized spacial score (nSPS) is 18.8. The molecule has 1 aliphatic carbocycles. The first-order chi connectivity index (χ1) is 16.3. The van der Waals surface area contributed by atoms with E-state index in [1.54, 1.807) is 29.2 Å². The average molecular weight is 464 g/mol. The van der Waals surface area contributed by atoms with Crippen LogP contribution in [0.15, 0.2) is 78.9 Å². The van der Waals surface area contributed by atoms with Crippen LogP contribution >= 0.6 is 0 Å². The van der Waals surface area contributed by atoms with Gasteiger partial charge in [0.05, 0.1) is 5.56 Å². The van der Waals surface area contributed by atoms with Crippen molar-refractivity contribution in [1.29, 1.82) is 0 Å². The molecule has 0 N–H and O–H groups in total. The van der Waals surface area contributed by atoms with Crippen LogP contribution in [0.1, 0.15) is 37.4 Å². The highest BCUT2D eigenvalue weighted by Crippen LogP contribution is 2.44. The molecule has 0 bridgehead atoms. The van der Waals surface area contributed by atoms with Crippen molar-refractivity contribution in [2.45, 2.75) is 18.3 Å². The van der Waals surface area contributed by atoms with E-state index in [9.17, 15) is 22.8 Å². The van der Waals surface area contributed by atoms with Gasteiger partial charge in [-0.25, -0.2) is 0 Å². The van der Waals surface area contributed by atoms with Gasteiger partial charge in [0.25, 0.3) is 0 Å². The van der Waals surface area contributed by atoms with Crippen LogP contribution in [0, 0.1) is 0 Å². The van der Waals surface area contributed by atoms with Crippen LogP contribution < -0.4 is 0 Å². The van der Waals surface area contributed by atoms with Crippen LogP contribution in [0.4, 0.5) is 13.2 Å². The summed E-state index contributed by atoms with van der Waals surface area (Å²) in [5.41, 5.74) is -0.907. The Balaban J connectivity index is 1.52. The lowest BCUT2D eigenvalue weighted by Gasteiger charge is -2.44. The molecule has 0 radical (unpaired) electrons. The maximum absolute atomic E-state index is 13.8. The zero-order chi connectivity index (χ0) is 23.9. The van der Waals surface area contributed by atoms with E-state index in [1.807, 2.05) is 30.3 Å². The Morgan fingerprint density at radius 3 is 1.91 bits per heavy atom. The first-order valence-electron chi connectivity index (χ1n) is 11.2. The molecule has 3 aromatic rings. The number of Topliss-reactive ketones (excluding diaryl/α,β-unsaturated/α-hetero) is 2. The SMILES string of the molecule is O=C1c2ccccc2C(=O)C1(c1cccc(C(F)(F)F)c1)N1CCN(Cc2ccccc2)CC1. The van der Waals surface area contributed by atoms with Gasteiger partial charge in [-0.2, -0.15) is 13.2 Å². The molecule has 3 aromatic carbocycles. The highest BCUT2D eigenvalue weighted by molar-refractivity contribution is 6.32. The summed E-state index contributed by atoms with van der Waals surface area (Å²) in [5, 5.41) is 0. The average Bonchev–Trinajstić information content (AvgIpc) is 3.07. The highest BCUT2D eigenvalue weighted by Gasteiger charge is 2.58. The molecule has 5 rings (SSSR count). The Morgan fingerprint density at radius 1 is 0.735 bits per heavy atom. The van der Waals surface area contributed by atoms with Gasteiger partial charge in [-0.05, 0) is 23.3 Å². The molecule has 1 fully saturated rings. The summed E-state index contributed by atoms with van der Waals surface area (Å²) < 4.78 is 40.6. The third kappa shape index (κ3) is 3.65. The van der Waals surface area contributed by atoms with E-state index in [1.165, 1.54) is 12.1 Å². The fourth-order valence-electron chi connectivity index (χ4n) is 5.11. The molecule has 1 heterocycles. The number of fused-ring (bicyclic) bond motifs is 1. The van der Waals surface area contributed by atoms with Gasteiger partial charge in [0.15, 0.2) is 17.1 Å². The second-order valence-corrected chi connectivity index (χ2v) is 8.74. The van der Waals surface area contributed by atoms with Crippen molar-refractivity contribution in [3.05, 3.63) is 107 Å². The Labute approximate surface area is 195 Å². The standard InChI is InChI=1S/C27H23F3N2O2/c28-27(29,30)21-10-6-9-20(17-21)26(24(33)22-11-4-5-12-23(22)25(26)34)32-15-13-31(14-16-32)18-19-7-2-1-3-8-19/h1-12,17H,13-16,18H2. The van der Waals surface area contributed by atoms with E-state index in [2.05, 4.69) is 4.90 Å². The van der Waals surface area contributed by atoms with E-state index >= 15 is 0 Å². The highest BCUT2D eigenvalue weighted by atomic mass is 19.4. The topological polar surface area (TPSA) is 40.6 Å². The van der Waals surface area contributed by atoms with Crippen LogP contribution in [0.5, 0.6) is 0 Å². The molecule has 174 valence electrons. The predicted molar refractivity (Wildman–Crippen MR) is 122 cm³/mol. The number of hydrogen-bond donors (Lipinski definition) is 0. The molecule has 0 saturated carbocycles. The Kier molecular flexibility index (Phi) is 5.62. The Morgan fingerprint density at radius 2 is 1.32 bits per heavy atom. The fraction of sp³-hybridized carbons (Fsp3) is 0.259. The van der Waals surface area contributed by atoms with Gasteiger partial charge in [-0.15, -0.1) is 0 Å². The lowest BCUT2D eigenvalue weighted by Crippen LogP contribution is -2.60. The fourth-order valence-corrected chi connectivity index (χ4v) is 5.11. The van der Waals surface area contributed by atoms with Gasteiger partial charge < -0.3 is 0 Å². The molecule has 1 aliphatic heterocycles. The van der Waals surface area contributed by atoms with Gasteiger partial charge in [0, 0.05) is 43.9 Å². The minimum Gasteiger partial charge on any atom is -0.297 e. The largest absolute Gasteiger partial charge is 0.416 e. The zero-order valence-corrected chi connectivity index (χ0v) is 18.4. The molecular formula is C27H23F3N2O2. The molecule has 2 aliphatic rings. The van der Waals surface area contributed by atoms with E-state index in [-0.39, 0.29) is 16.7 Å². The second kappa shape index (κ2) is 8.49. The maximum Gasteiger partial charge on any atom is 0.416 e. The number of rotatable bonds is 4. The summed E-state index contributed by atoms with van der Waals surface area (Å²) in [6, 6.07) is 21.1. The van der Waals surface area contributed by atoms with Gasteiger partial charge in [-0.1, -0.05) is 66.7 Å². The third-order valence-electron chi connectivity index (χ3n) is 6.78. The van der Waals surface area contributed by atoms with E-state index in [0.717, 1.165) is 24.2 Å². The predicted octanol–water partition coefficient (Wildman–Crippen LogP) is 4.80. The van der Waals surface area contributed by atoms with Crippen molar-refractivity contribution in [2.75, 3.05) is 26.2 Å². The van der Waals surface area contributed by atoms with Crippen LogP contribution in [0.3, 0.4) is 0 Å². The van der Waals surface area contributed by atoms with E-state index in [4.69, 9.17) is 0 Å². The summed E-state index contributed by atoms with van der Waals surface area (Å²) in [6.45, 7) is 2.68. The zero-order valence-electron chi connectivity index (χ0n) is 18.4. The minimum atomic E-state index is -4.58. The number of alkyl halides is 3. The third-order valence-corrected chi connectivity index (χ3v) is 6.78. The summed E-state index contributed by atoms with van der Waals surface area (Å²) in [6.07, 6.45) is -4.58. The first kappa shape index (κ1) is 22.5. The van der Waals surface area contributed by atoms with Crippen molar-refractivity contribution in [2.24, 2.45) is 0 Å². The molecule has 4 nitrogen and oxygen atoms in total. The van der Waals surface area contributed by atoms with Crippen LogP contribution in [0.2, 0.25) is 0 Å². The molecule has 0 aromatic heterocycles. The van der Waals surface area contributed by atoms with Crippen molar-refractivity contribution in [3.63, 3.8) is 0 Å². The molecule has 34 heavy (non-hydrogen) atoms. The number of halogens is 3. The smallest absolute Gasteiger partial charge is 0.297 e. The van der Waals surface area contributed by atoms with E-state index < -0.39 is 28.8 Å². The van der Waals surface area contributed by atoms with Crippen molar-refractivity contribution < 1.29 is 22.8 Å². The lowest BCUT2D eigenvalue weighted by atomic mass is 9.81.